The van der Waals surface area contributed by atoms with Gasteiger partial charge in [-0.3, -0.25) is 9.20 Å². The van der Waals surface area contributed by atoms with E-state index >= 15 is 0 Å². The standard InChI is InChI=1S/C14H10FN3O/c15-10-6-4-9(5-7-10)14-17-12(13(16)19)11-3-1-2-8-18(11)14/h1-8H,(H2,16,19). The van der Waals surface area contributed by atoms with Gasteiger partial charge in [0, 0.05) is 11.8 Å². The van der Waals surface area contributed by atoms with Crippen LogP contribution in [0.3, 0.4) is 0 Å². The predicted molar refractivity (Wildman–Crippen MR) is 69.1 cm³/mol. The number of hydrogen-bond donors (Lipinski definition) is 1. The van der Waals surface area contributed by atoms with Crippen LogP contribution in [0.15, 0.2) is 48.7 Å². The third-order valence-corrected chi connectivity index (χ3v) is 2.88. The number of primary amides is 1. The van der Waals surface area contributed by atoms with Crippen LogP contribution in [0.4, 0.5) is 4.39 Å². The van der Waals surface area contributed by atoms with E-state index in [9.17, 15) is 9.18 Å². The molecule has 0 fully saturated rings. The van der Waals surface area contributed by atoms with Crippen molar-refractivity contribution in [2.45, 2.75) is 0 Å². The van der Waals surface area contributed by atoms with E-state index in [0.717, 1.165) is 5.56 Å². The van der Waals surface area contributed by atoms with Gasteiger partial charge in [0.2, 0.25) is 0 Å². The molecule has 2 heterocycles. The van der Waals surface area contributed by atoms with Crippen molar-refractivity contribution >= 4 is 11.4 Å². The Labute approximate surface area is 108 Å². The fourth-order valence-electron chi connectivity index (χ4n) is 2.02. The zero-order valence-corrected chi connectivity index (χ0v) is 9.88. The molecule has 0 spiro atoms. The number of halogens is 1. The summed E-state index contributed by atoms with van der Waals surface area (Å²) in [4.78, 5) is 15.7. The molecule has 19 heavy (non-hydrogen) atoms. The fourth-order valence-corrected chi connectivity index (χ4v) is 2.02. The number of amides is 1. The van der Waals surface area contributed by atoms with Crippen LogP contribution >= 0.6 is 0 Å². The first-order valence-electron chi connectivity index (χ1n) is 5.69. The van der Waals surface area contributed by atoms with E-state index < -0.39 is 5.91 Å². The zero-order valence-electron chi connectivity index (χ0n) is 9.88. The summed E-state index contributed by atoms with van der Waals surface area (Å²) in [5.74, 6) is -0.346. The first-order chi connectivity index (χ1) is 9.16. The lowest BCUT2D eigenvalue weighted by Crippen LogP contribution is -2.11. The lowest BCUT2D eigenvalue weighted by molar-refractivity contribution is 0.0997. The molecule has 1 amide bonds. The Balaban J connectivity index is 2.29. The number of carbonyl (C=O) groups is 1. The highest BCUT2D eigenvalue weighted by Gasteiger charge is 2.15. The summed E-state index contributed by atoms with van der Waals surface area (Å²) in [7, 11) is 0. The minimum atomic E-state index is -0.586. The molecular weight excluding hydrogens is 245 g/mol. The van der Waals surface area contributed by atoms with E-state index in [0.29, 0.717) is 11.3 Å². The van der Waals surface area contributed by atoms with Crippen molar-refractivity contribution in [2.75, 3.05) is 0 Å². The second kappa shape index (κ2) is 4.20. The first kappa shape index (κ1) is 11.4. The highest BCUT2D eigenvalue weighted by molar-refractivity contribution is 5.98. The minimum Gasteiger partial charge on any atom is -0.364 e. The molecule has 3 rings (SSSR count). The second-order valence-corrected chi connectivity index (χ2v) is 4.11. The maximum absolute atomic E-state index is 12.9. The summed E-state index contributed by atoms with van der Waals surface area (Å²) in [5, 5.41) is 0. The Hall–Kier alpha value is -2.69. The molecule has 0 aliphatic heterocycles. The molecule has 0 unspecified atom stereocenters. The van der Waals surface area contributed by atoms with E-state index in [2.05, 4.69) is 4.98 Å². The number of rotatable bonds is 2. The van der Waals surface area contributed by atoms with Gasteiger partial charge in [0.05, 0.1) is 5.52 Å². The fraction of sp³-hybridized carbons (Fsp3) is 0. The zero-order chi connectivity index (χ0) is 13.4. The molecule has 4 nitrogen and oxygen atoms in total. The first-order valence-corrected chi connectivity index (χ1v) is 5.69. The van der Waals surface area contributed by atoms with Crippen molar-refractivity contribution < 1.29 is 9.18 Å². The van der Waals surface area contributed by atoms with Gasteiger partial charge in [0.15, 0.2) is 5.69 Å². The number of imidazole rings is 1. The third kappa shape index (κ3) is 1.85. The number of hydrogen-bond acceptors (Lipinski definition) is 2. The third-order valence-electron chi connectivity index (χ3n) is 2.88. The SMILES string of the molecule is NC(=O)c1nc(-c2ccc(F)cc2)n2ccccc12. The van der Waals surface area contributed by atoms with Crippen LogP contribution in [0.2, 0.25) is 0 Å². The molecule has 0 aliphatic carbocycles. The molecule has 0 saturated carbocycles. The molecule has 0 saturated heterocycles. The van der Waals surface area contributed by atoms with Gasteiger partial charge < -0.3 is 5.73 Å². The van der Waals surface area contributed by atoms with Crippen molar-refractivity contribution in [3.8, 4) is 11.4 Å². The average Bonchev–Trinajstić information content (AvgIpc) is 2.79. The molecule has 0 aliphatic rings. The topological polar surface area (TPSA) is 60.4 Å². The quantitative estimate of drug-likeness (QED) is 0.763. The number of fused-ring (bicyclic) bond motifs is 1. The van der Waals surface area contributed by atoms with Crippen molar-refractivity contribution in [1.82, 2.24) is 9.38 Å². The normalized spacial score (nSPS) is 10.8. The maximum atomic E-state index is 12.9. The average molecular weight is 255 g/mol. The lowest BCUT2D eigenvalue weighted by atomic mass is 10.2. The number of nitrogens with two attached hydrogens (primary N) is 1. The van der Waals surface area contributed by atoms with Crippen molar-refractivity contribution in [3.63, 3.8) is 0 Å². The largest absolute Gasteiger partial charge is 0.364 e. The van der Waals surface area contributed by atoms with Gasteiger partial charge in [0.1, 0.15) is 11.6 Å². The summed E-state index contributed by atoms with van der Waals surface area (Å²) in [5.41, 5.74) is 6.88. The van der Waals surface area contributed by atoms with Gasteiger partial charge in [-0.2, -0.15) is 0 Å². The van der Waals surface area contributed by atoms with Gasteiger partial charge in [0.25, 0.3) is 5.91 Å². The molecule has 2 N–H and O–H groups in total. The molecule has 0 atom stereocenters. The minimum absolute atomic E-state index is 0.208. The monoisotopic (exact) mass is 255 g/mol. The number of carbonyl (C=O) groups excluding carboxylic acids is 1. The lowest BCUT2D eigenvalue weighted by Gasteiger charge is -2.00. The molecule has 5 heteroatoms. The summed E-state index contributed by atoms with van der Waals surface area (Å²) >= 11 is 0. The molecular formula is C14H10FN3O. The summed E-state index contributed by atoms with van der Waals surface area (Å²) < 4.78 is 14.7. The van der Waals surface area contributed by atoms with Crippen LogP contribution in [0, 0.1) is 5.82 Å². The Kier molecular flexibility index (Phi) is 2.52. The highest BCUT2D eigenvalue weighted by atomic mass is 19.1. The van der Waals surface area contributed by atoms with Gasteiger partial charge in [-0.05, 0) is 36.4 Å². The summed E-state index contributed by atoms with van der Waals surface area (Å²) in [6.45, 7) is 0. The Morgan fingerprint density at radius 1 is 1.16 bits per heavy atom. The van der Waals surface area contributed by atoms with E-state index in [4.69, 9.17) is 5.73 Å². The maximum Gasteiger partial charge on any atom is 0.269 e. The molecule has 2 aromatic heterocycles. The molecule has 0 bridgehead atoms. The summed E-state index contributed by atoms with van der Waals surface area (Å²) in [6.07, 6.45) is 1.79. The summed E-state index contributed by atoms with van der Waals surface area (Å²) in [6, 6.07) is 11.3. The van der Waals surface area contributed by atoms with Crippen LogP contribution in [-0.2, 0) is 0 Å². The molecule has 1 aromatic carbocycles. The van der Waals surface area contributed by atoms with Crippen LogP contribution < -0.4 is 5.73 Å². The van der Waals surface area contributed by atoms with Crippen LogP contribution in [0.5, 0.6) is 0 Å². The smallest absolute Gasteiger partial charge is 0.269 e. The van der Waals surface area contributed by atoms with Crippen molar-refractivity contribution in [2.24, 2.45) is 5.73 Å². The van der Waals surface area contributed by atoms with Crippen LogP contribution in [0.1, 0.15) is 10.5 Å². The molecule has 0 radical (unpaired) electrons. The predicted octanol–water partition coefficient (Wildman–Crippen LogP) is 2.24. The molecule has 3 aromatic rings. The number of benzene rings is 1. The second-order valence-electron chi connectivity index (χ2n) is 4.11. The van der Waals surface area contributed by atoms with Crippen molar-refractivity contribution in [1.29, 1.82) is 0 Å². The van der Waals surface area contributed by atoms with Crippen LogP contribution in [-0.4, -0.2) is 15.3 Å². The van der Waals surface area contributed by atoms with E-state index in [-0.39, 0.29) is 11.5 Å². The van der Waals surface area contributed by atoms with Gasteiger partial charge >= 0.3 is 0 Å². The van der Waals surface area contributed by atoms with Crippen molar-refractivity contribution in [3.05, 3.63) is 60.2 Å². The highest BCUT2D eigenvalue weighted by Crippen LogP contribution is 2.22. The Bertz CT molecular complexity index is 762. The number of pyridine rings is 1. The van der Waals surface area contributed by atoms with Gasteiger partial charge in [-0.15, -0.1) is 0 Å². The van der Waals surface area contributed by atoms with E-state index in [1.54, 1.807) is 34.9 Å². The van der Waals surface area contributed by atoms with Crippen LogP contribution in [0.25, 0.3) is 16.9 Å². The number of nitrogens with zero attached hydrogens (tertiary/aromatic N) is 2. The van der Waals surface area contributed by atoms with Gasteiger partial charge in [-0.1, -0.05) is 6.07 Å². The van der Waals surface area contributed by atoms with E-state index in [1.807, 2.05) is 6.07 Å². The van der Waals surface area contributed by atoms with Gasteiger partial charge in [-0.25, -0.2) is 9.37 Å². The Morgan fingerprint density at radius 3 is 2.58 bits per heavy atom. The molecule has 94 valence electrons. The number of aromatic nitrogens is 2. The Morgan fingerprint density at radius 2 is 1.89 bits per heavy atom. The van der Waals surface area contributed by atoms with E-state index in [1.165, 1.54) is 12.1 Å².